The standard InChI is InChI=1S/C12H15F3N2O/c1-8-3-2-4-10(8)17-11-6-5-9(7-16-11)18-12(13,14)15/h5-8,10H,2-4H2,1H3,(H,16,17). The third kappa shape index (κ3) is 3.51. The Morgan fingerprint density at radius 2 is 2.11 bits per heavy atom. The second-order valence-corrected chi connectivity index (χ2v) is 4.59. The Bertz CT molecular complexity index is 391. The van der Waals surface area contributed by atoms with Gasteiger partial charge in [-0.05, 0) is 30.9 Å². The molecule has 6 heteroatoms. The number of alkyl halides is 3. The highest BCUT2D eigenvalue weighted by atomic mass is 19.4. The van der Waals surface area contributed by atoms with Crippen molar-refractivity contribution in [2.75, 3.05) is 5.32 Å². The fraction of sp³-hybridized carbons (Fsp3) is 0.583. The summed E-state index contributed by atoms with van der Waals surface area (Å²) in [6, 6.07) is 3.13. The van der Waals surface area contributed by atoms with Crippen molar-refractivity contribution < 1.29 is 17.9 Å². The van der Waals surface area contributed by atoms with E-state index in [0.29, 0.717) is 17.8 Å². The lowest BCUT2D eigenvalue weighted by molar-refractivity contribution is -0.274. The Labute approximate surface area is 103 Å². The maximum absolute atomic E-state index is 12.0. The molecule has 1 N–H and O–H groups in total. The smallest absolute Gasteiger partial charge is 0.404 e. The molecule has 1 heterocycles. The van der Waals surface area contributed by atoms with Gasteiger partial charge in [0.1, 0.15) is 11.6 Å². The molecule has 0 radical (unpaired) electrons. The number of ether oxygens (including phenoxy) is 1. The fourth-order valence-corrected chi connectivity index (χ4v) is 2.21. The van der Waals surface area contributed by atoms with Gasteiger partial charge in [-0.15, -0.1) is 13.2 Å². The van der Waals surface area contributed by atoms with Crippen LogP contribution >= 0.6 is 0 Å². The van der Waals surface area contributed by atoms with Crippen LogP contribution in [0.5, 0.6) is 5.75 Å². The van der Waals surface area contributed by atoms with E-state index >= 15 is 0 Å². The number of aromatic nitrogens is 1. The maximum Gasteiger partial charge on any atom is 0.573 e. The van der Waals surface area contributed by atoms with Crippen molar-refractivity contribution >= 4 is 5.82 Å². The predicted octanol–water partition coefficient (Wildman–Crippen LogP) is 3.58. The van der Waals surface area contributed by atoms with E-state index in [-0.39, 0.29) is 5.75 Å². The van der Waals surface area contributed by atoms with Crippen LogP contribution in [0.2, 0.25) is 0 Å². The first-order chi connectivity index (χ1) is 8.44. The van der Waals surface area contributed by atoms with Gasteiger partial charge >= 0.3 is 6.36 Å². The summed E-state index contributed by atoms with van der Waals surface area (Å²) in [5, 5.41) is 3.23. The highest BCUT2D eigenvalue weighted by Crippen LogP contribution is 2.28. The number of nitrogens with zero attached hydrogens (tertiary/aromatic N) is 1. The van der Waals surface area contributed by atoms with E-state index < -0.39 is 6.36 Å². The molecule has 0 spiro atoms. The zero-order valence-corrected chi connectivity index (χ0v) is 10.00. The van der Waals surface area contributed by atoms with Crippen molar-refractivity contribution in [3.8, 4) is 5.75 Å². The Morgan fingerprint density at radius 3 is 2.61 bits per heavy atom. The first kappa shape index (κ1) is 13.0. The molecule has 1 aromatic heterocycles. The molecule has 0 bridgehead atoms. The van der Waals surface area contributed by atoms with Crippen molar-refractivity contribution in [1.82, 2.24) is 4.98 Å². The predicted molar refractivity (Wildman–Crippen MR) is 61.3 cm³/mol. The van der Waals surface area contributed by atoms with Crippen molar-refractivity contribution in [1.29, 1.82) is 0 Å². The maximum atomic E-state index is 12.0. The second-order valence-electron chi connectivity index (χ2n) is 4.59. The Morgan fingerprint density at radius 1 is 1.33 bits per heavy atom. The monoisotopic (exact) mass is 260 g/mol. The lowest BCUT2D eigenvalue weighted by Gasteiger charge is -2.18. The van der Waals surface area contributed by atoms with E-state index in [2.05, 4.69) is 22.0 Å². The number of nitrogens with one attached hydrogen (secondary N) is 1. The number of anilines is 1. The third-order valence-corrected chi connectivity index (χ3v) is 3.16. The van der Waals surface area contributed by atoms with Crippen LogP contribution in [0.25, 0.3) is 0 Å². The quantitative estimate of drug-likeness (QED) is 0.902. The highest BCUT2D eigenvalue weighted by molar-refractivity contribution is 5.38. The van der Waals surface area contributed by atoms with Gasteiger partial charge in [0, 0.05) is 6.04 Å². The van der Waals surface area contributed by atoms with Crippen LogP contribution in [0.1, 0.15) is 26.2 Å². The molecule has 1 aliphatic carbocycles. The van der Waals surface area contributed by atoms with Crippen molar-refractivity contribution in [2.24, 2.45) is 5.92 Å². The van der Waals surface area contributed by atoms with E-state index in [1.165, 1.54) is 25.0 Å². The molecule has 2 atom stereocenters. The van der Waals surface area contributed by atoms with Gasteiger partial charge in [-0.3, -0.25) is 0 Å². The van der Waals surface area contributed by atoms with Crippen LogP contribution < -0.4 is 10.1 Å². The minimum absolute atomic E-state index is 0.299. The molecular weight excluding hydrogens is 245 g/mol. The summed E-state index contributed by atoms with van der Waals surface area (Å²) < 4.78 is 39.6. The number of halogens is 3. The average Bonchev–Trinajstić information content (AvgIpc) is 2.65. The average molecular weight is 260 g/mol. The zero-order chi connectivity index (χ0) is 13.2. The first-order valence-corrected chi connectivity index (χ1v) is 5.92. The van der Waals surface area contributed by atoms with Crippen LogP contribution in [0, 0.1) is 5.92 Å². The molecule has 2 unspecified atom stereocenters. The van der Waals surface area contributed by atoms with Gasteiger partial charge in [0.25, 0.3) is 0 Å². The Kier molecular flexibility index (Phi) is 3.63. The minimum Gasteiger partial charge on any atom is -0.404 e. The zero-order valence-electron chi connectivity index (χ0n) is 10.00. The van der Waals surface area contributed by atoms with Crippen molar-refractivity contribution in [3.63, 3.8) is 0 Å². The summed E-state index contributed by atoms with van der Waals surface area (Å²) >= 11 is 0. The molecule has 1 saturated carbocycles. The summed E-state index contributed by atoms with van der Waals surface area (Å²) in [5.41, 5.74) is 0. The van der Waals surface area contributed by atoms with Crippen molar-refractivity contribution in [2.45, 2.75) is 38.6 Å². The van der Waals surface area contributed by atoms with Gasteiger partial charge in [-0.1, -0.05) is 13.3 Å². The van der Waals surface area contributed by atoms with Crippen LogP contribution in [0.3, 0.4) is 0 Å². The largest absolute Gasteiger partial charge is 0.573 e. The van der Waals surface area contributed by atoms with Crippen LogP contribution in [0.4, 0.5) is 19.0 Å². The summed E-state index contributed by atoms with van der Waals surface area (Å²) in [6.07, 6.45) is -0.170. The summed E-state index contributed by atoms with van der Waals surface area (Å²) in [4.78, 5) is 3.92. The van der Waals surface area contributed by atoms with Crippen LogP contribution in [0.15, 0.2) is 18.3 Å². The number of rotatable bonds is 3. The first-order valence-electron chi connectivity index (χ1n) is 5.92. The Hall–Kier alpha value is -1.46. The van der Waals surface area contributed by atoms with Gasteiger partial charge in [0.05, 0.1) is 6.20 Å². The highest BCUT2D eigenvalue weighted by Gasteiger charge is 2.31. The molecule has 1 fully saturated rings. The number of hydrogen-bond donors (Lipinski definition) is 1. The van der Waals surface area contributed by atoms with Gasteiger partial charge in [-0.2, -0.15) is 0 Å². The van der Waals surface area contributed by atoms with E-state index in [1.54, 1.807) is 0 Å². The van der Waals surface area contributed by atoms with E-state index in [9.17, 15) is 13.2 Å². The SMILES string of the molecule is CC1CCCC1Nc1ccc(OC(F)(F)F)cn1. The van der Waals surface area contributed by atoms with Gasteiger partial charge in [-0.25, -0.2) is 4.98 Å². The third-order valence-electron chi connectivity index (χ3n) is 3.16. The van der Waals surface area contributed by atoms with Crippen LogP contribution in [-0.4, -0.2) is 17.4 Å². The van der Waals surface area contributed by atoms with E-state index in [4.69, 9.17) is 0 Å². The number of pyridine rings is 1. The topological polar surface area (TPSA) is 34.1 Å². The molecule has 1 aliphatic rings. The number of hydrogen-bond acceptors (Lipinski definition) is 3. The lowest BCUT2D eigenvalue weighted by Crippen LogP contribution is -2.22. The van der Waals surface area contributed by atoms with Crippen molar-refractivity contribution in [3.05, 3.63) is 18.3 Å². The van der Waals surface area contributed by atoms with E-state index in [1.807, 2.05) is 0 Å². The molecule has 0 aliphatic heterocycles. The molecule has 2 rings (SSSR count). The molecule has 0 saturated heterocycles. The van der Waals surface area contributed by atoms with E-state index in [0.717, 1.165) is 12.6 Å². The molecule has 3 nitrogen and oxygen atoms in total. The van der Waals surface area contributed by atoms with Gasteiger partial charge in [0.2, 0.25) is 0 Å². The molecule has 18 heavy (non-hydrogen) atoms. The van der Waals surface area contributed by atoms with Gasteiger partial charge in [0.15, 0.2) is 0 Å². The lowest BCUT2D eigenvalue weighted by atomic mass is 10.1. The fourth-order valence-electron chi connectivity index (χ4n) is 2.21. The molecule has 0 aromatic carbocycles. The normalized spacial score (nSPS) is 24.0. The minimum atomic E-state index is -4.67. The van der Waals surface area contributed by atoms with Crippen LogP contribution in [-0.2, 0) is 0 Å². The summed E-state index contributed by atoms with van der Waals surface area (Å²) in [6.45, 7) is 2.16. The molecule has 100 valence electrons. The summed E-state index contributed by atoms with van der Waals surface area (Å²) in [7, 11) is 0. The van der Waals surface area contributed by atoms with Gasteiger partial charge < -0.3 is 10.1 Å². The Balaban J connectivity index is 1.95. The summed E-state index contributed by atoms with van der Waals surface area (Å²) in [5.74, 6) is 0.855. The molecular formula is C12H15F3N2O. The second kappa shape index (κ2) is 5.04. The molecule has 0 amide bonds. The molecule has 1 aromatic rings.